The Balaban J connectivity index is 0.00000243. The van der Waals surface area contributed by atoms with Gasteiger partial charge >= 0.3 is 0 Å². The van der Waals surface area contributed by atoms with E-state index >= 15 is 0 Å². The topological polar surface area (TPSA) is 54.2 Å². The van der Waals surface area contributed by atoms with Crippen LogP contribution in [0, 0.1) is 6.92 Å². The molecule has 0 spiro atoms. The van der Waals surface area contributed by atoms with E-state index in [4.69, 9.17) is 0 Å². The summed E-state index contributed by atoms with van der Waals surface area (Å²) in [5, 5.41) is 11.6. The third-order valence-corrected chi connectivity index (χ3v) is 4.86. The quantitative estimate of drug-likeness (QED) is 0.294. The smallest absolute Gasteiger partial charge is 0.191 e. The van der Waals surface area contributed by atoms with Crippen LogP contribution >= 0.6 is 24.0 Å². The molecule has 0 saturated heterocycles. The first-order valence-electron chi connectivity index (χ1n) is 9.34. The molecule has 1 heterocycles. The lowest BCUT2D eigenvalue weighted by Crippen LogP contribution is -2.42. The molecular weight excluding hydrogens is 437 g/mol. The molecule has 3 rings (SSSR count). The Morgan fingerprint density at radius 1 is 1.23 bits per heavy atom. The lowest BCUT2D eigenvalue weighted by Gasteiger charge is -2.16. The third kappa shape index (κ3) is 5.72. The van der Waals surface area contributed by atoms with E-state index in [9.17, 15) is 0 Å². The van der Waals surface area contributed by atoms with Gasteiger partial charge in [0.15, 0.2) is 5.96 Å². The summed E-state index contributed by atoms with van der Waals surface area (Å²) in [7, 11) is 1.85. The van der Waals surface area contributed by atoms with Crippen LogP contribution in [0.4, 0.5) is 0 Å². The second-order valence-electron chi connectivity index (χ2n) is 6.75. The van der Waals surface area contributed by atoms with Gasteiger partial charge in [0, 0.05) is 25.8 Å². The van der Waals surface area contributed by atoms with Gasteiger partial charge in [-0.2, -0.15) is 5.10 Å². The number of halogens is 1. The van der Waals surface area contributed by atoms with Crippen molar-refractivity contribution in [3.05, 3.63) is 47.8 Å². The first-order chi connectivity index (χ1) is 12.3. The van der Waals surface area contributed by atoms with Crippen molar-refractivity contribution < 1.29 is 0 Å². The minimum Gasteiger partial charge on any atom is -0.356 e. The summed E-state index contributed by atoms with van der Waals surface area (Å²) in [4.78, 5) is 4.34. The molecule has 5 nitrogen and oxygen atoms in total. The van der Waals surface area contributed by atoms with Crippen molar-refractivity contribution in [2.75, 3.05) is 13.6 Å². The van der Waals surface area contributed by atoms with Gasteiger partial charge in [-0.05, 0) is 50.3 Å². The van der Waals surface area contributed by atoms with Gasteiger partial charge in [-0.3, -0.25) is 4.99 Å². The van der Waals surface area contributed by atoms with Crippen LogP contribution in [0.3, 0.4) is 0 Å². The number of para-hydroxylation sites is 1. The number of hydrogen-bond donors (Lipinski definition) is 2. The van der Waals surface area contributed by atoms with Crippen molar-refractivity contribution in [1.29, 1.82) is 0 Å². The van der Waals surface area contributed by atoms with Crippen LogP contribution in [-0.2, 0) is 6.42 Å². The number of nitrogens with one attached hydrogen (secondary N) is 2. The number of benzene rings is 1. The van der Waals surface area contributed by atoms with E-state index in [0.29, 0.717) is 6.04 Å². The fourth-order valence-electron chi connectivity index (χ4n) is 3.40. The summed E-state index contributed by atoms with van der Waals surface area (Å²) in [6.07, 6.45) is 9.42. The SMILES string of the molecule is CN=C(NCCCc1cn(-c2ccccc2)nc1C)NC1CCCC1.I. The molecule has 26 heavy (non-hydrogen) atoms. The molecule has 0 bridgehead atoms. The number of rotatable bonds is 6. The Bertz CT molecular complexity index is 689. The predicted octanol–water partition coefficient (Wildman–Crippen LogP) is 3.84. The highest BCUT2D eigenvalue weighted by Crippen LogP contribution is 2.17. The minimum atomic E-state index is 0. The van der Waals surface area contributed by atoms with E-state index in [2.05, 4.69) is 46.0 Å². The monoisotopic (exact) mass is 467 g/mol. The van der Waals surface area contributed by atoms with E-state index < -0.39 is 0 Å². The van der Waals surface area contributed by atoms with E-state index in [1.807, 2.05) is 29.9 Å². The number of hydrogen-bond acceptors (Lipinski definition) is 2. The van der Waals surface area contributed by atoms with E-state index in [1.54, 1.807) is 0 Å². The Morgan fingerprint density at radius 2 is 1.96 bits per heavy atom. The van der Waals surface area contributed by atoms with Crippen molar-refractivity contribution in [2.24, 2.45) is 4.99 Å². The van der Waals surface area contributed by atoms with E-state index in [0.717, 1.165) is 36.7 Å². The summed E-state index contributed by atoms with van der Waals surface area (Å²) in [5.74, 6) is 0.934. The van der Waals surface area contributed by atoms with Crippen molar-refractivity contribution in [3.63, 3.8) is 0 Å². The average Bonchev–Trinajstić information content (AvgIpc) is 3.28. The van der Waals surface area contributed by atoms with Gasteiger partial charge in [-0.1, -0.05) is 31.0 Å². The highest BCUT2D eigenvalue weighted by Gasteiger charge is 2.15. The van der Waals surface area contributed by atoms with Gasteiger partial charge in [0.25, 0.3) is 0 Å². The maximum absolute atomic E-state index is 4.64. The molecule has 2 N–H and O–H groups in total. The zero-order valence-electron chi connectivity index (χ0n) is 15.7. The Kier molecular flexibility index (Phi) is 8.41. The lowest BCUT2D eigenvalue weighted by molar-refractivity contribution is 0.610. The van der Waals surface area contributed by atoms with E-state index in [-0.39, 0.29) is 24.0 Å². The Labute approximate surface area is 173 Å². The summed E-state index contributed by atoms with van der Waals surface area (Å²) >= 11 is 0. The van der Waals surface area contributed by atoms with Crippen LogP contribution < -0.4 is 10.6 Å². The molecule has 6 heteroatoms. The van der Waals surface area contributed by atoms with E-state index in [1.165, 1.54) is 31.2 Å². The maximum Gasteiger partial charge on any atom is 0.191 e. The van der Waals surface area contributed by atoms with Gasteiger partial charge in [0.2, 0.25) is 0 Å². The molecule has 0 atom stereocenters. The molecule has 0 amide bonds. The normalized spacial score (nSPS) is 14.9. The largest absolute Gasteiger partial charge is 0.356 e. The van der Waals surface area contributed by atoms with Crippen LogP contribution in [-0.4, -0.2) is 35.4 Å². The standard InChI is InChI=1S/C20H29N5.HI/c1-16-17(15-25(24-16)19-12-4-3-5-13-19)9-8-14-22-20(21-2)23-18-10-6-7-11-18;/h3-5,12-13,15,18H,6-11,14H2,1-2H3,(H2,21,22,23);1H. The molecule has 142 valence electrons. The van der Waals surface area contributed by atoms with Gasteiger partial charge in [0.1, 0.15) is 0 Å². The first-order valence-corrected chi connectivity index (χ1v) is 9.34. The van der Waals surface area contributed by atoms with Gasteiger partial charge < -0.3 is 10.6 Å². The second kappa shape index (κ2) is 10.5. The zero-order valence-corrected chi connectivity index (χ0v) is 18.1. The third-order valence-electron chi connectivity index (χ3n) is 4.86. The summed E-state index contributed by atoms with van der Waals surface area (Å²) in [5.41, 5.74) is 3.53. The molecule has 0 unspecified atom stereocenters. The summed E-state index contributed by atoms with van der Waals surface area (Å²) in [6, 6.07) is 10.9. The van der Waals surface area contributed by atoms with Crippen LogP contribution in [0.25, 0.3) is 5.69 Å². The summed E-state index contributed by atoms with van der Waals surface area (Å²) < 4.78 is 1.97. The zero-order chi connectivity index (χ0) is 17.5. The molecule has 1 aromatic heterocycles. The molecule has 1 aliphatic rings. The molecule has 1 aromatic carbocycles. The van der Waals surface area contributed by atoms with Crippen LogP contribution in [0.1, 0.15) is 43.4 Å². The van der Waals surface area contributed by atoms with Gasteiger partial charge in [0.05, 0.1) is 11.4 Å². The molecule has 2 aromatic rings. The molecular formula is C20H30IN5. The minimum absolute atomic E-state index is 0. The first kappa shape index (κ1) is 20.7. The van der Waals surface area contributed by atoms with Crippen molar-refractivity contribution in [3.8, 4) is 5.69 Å². The molecule has 0 aliphatic heterocycles. The number of guanidine groups is 1. The van der Waals surface area contributed by atoms with Crippen LogP contribution in [0.5, 0.6) is 0 Å². The lowest BCUT2D eigenvalue weighted by atomic mass is 10.1. The Morgan fingerprint density at radius 3 is 2.65 bits per heavy atom. The number of aryl methyl sites for hydroxylation is 2. The number of nitrogens with zero attached hydrogens (tertiary/aromatic N) is 3. The van der Waals surface area contributed by atoms with Crippen LogP contribution in [0.2, 0.25) is 0 Å². The predicted molar refractivity (Wildman–Crippen MR) is 119 cm³/mol. The maximum atomic E-state index is 4.64. The number of aliphatic imine (C=N–C) groups is 1. The second-order valence-corrected chi connectivity index (χ2v) is 6.75. The average molecular weight is 467 g/mol. The fourth-order valence-corrected chi connectivity index (χ4v) is 3.40. The summed E-state index contributed by atoms with van der Waals surface area (Å²) in [6.45, 7) is 3.01. The van der Waals surface area contributed by atoms with Crippen molar-refractivity contribution in [1.82, 2.24) is 20.4 Å². The highest BCUT2D eigenvalue weighted by molar-refractivity contribution is 14.0. The molecule has 1 saturated carbocycles. The fraction of sp³-hybridized carbons (Fsp3) is 0.500. The van der Waals surface area contributed by atoms with Crippen LogP contribution in [0.15, 0.2) is 41.5 Å². The van der Waals surface area contributed by atoms with Gasteiger partial charge in [-0.25, -0.2) is 4.68 Å². The highest BCUT2D eigenvalue weighted by atomic mass is 127. The van der Waals surface area contributed by atoms with Crippen molar-refractivity contribution in [2.45, 2.75) is 51.5 Å². The van der Waals surface area contributed by atoms with Gasteiger partial charge in [-0.15, -0.1) is 24.0 Å². The number of aromatic nitrogens is 2. The van der Waals surface area contributed by atoms with Crippen molar-refractivity contribution >= 4 is 29.9 Å². The molecule has 1 fully saturated rings. The Hall–Kier alpha value is -1.57. The molecule has 0 radical (unpaired) electrons. The molecule has 1 aliphatic carbocycles.